The van der Waals surface area contributed by atoms with Crippen LogP contribution in [0.2, 0.25) is 0 Å². The first-order valence-corrected chi connectivity index (χ1v) is 4.82. The molecule has 16 heavy (non-hydrogen) atoms. The second-order valence-electron chi connectivity index (χ2n) is 3.53. The summed E-state index contributed by atoms with van der Waals surface area (Å²) in [6.07, 6.45) is 0. The first-order chi connectivity index (χ1) is 7.50. The predicted molar refractivity (Wildman–Crippen MR) is 59.5 cm³/mol. The molecule has 0 aromatic heterocycles. The molecule has 0 bridgehead atoms. The van der Waals surface area contributed by atoms with Gasteiger partial charge in [-0.3, -0.25) is 4.79 Å². The maximum Gasteiger partial charge on any atom is 0.338 e. The number of esters is 1. The van der Waals surface area contributed by atoms with Crippen molar-refractivity contribution in [2.75, 3.05) is 12.3 Å². The van der Waals surface area contributed by atoms with Crippen molar-refractivity contribution in [2.24, 2.45) is 11.7 Å². The first kappa shape index (κ1) is 12.0. The molecule has 0 fully saturated rings. The fourth-order valence-electron chi connectivity index (χ4n) is 1.03. The van der Waals surface area contributed by atoms with E-state index in [9.17, 15) is 9.59 Å². The highest BCUT2D eigenvalue weighted by molar-refractivity contribution is 5.90. The molecule has 0 radical (unpaired) electrons. The SMILES string of the molecule is CC(COC(=O)c1cccc(N)c1)C(N)=O. The van der Waals surface area contributed by atoms with E-state index in [-0.39, 0.29) is 6.61 Å². The molecule has 1 rings (SSSR count). The van der Waals surface area contributed by atoms with Crippen molar-refractivity contribution >= 4 is 17.6 Å². The highest BCUT2D eigenvalue weighted by Gasteiger charge is 2.13. The second-order valence-corrected chi connectivity index (χ2v) is 3.53. The van der Waals surface area contributed by atoms with Gasteiger partial charge in [0, 0.05) is 5.69 Å². The molecule has 5 nitrogen and oxygen atoms in total. The van der Waals surface area contributed by atoms with Crippen LogP contribution in [-0.2, 0) is 9.53 Å². The number of hydrogen-bond acceptors (Lipinski definition) is 4. The summed E-state index contributed by atoms with van der Waals surface area (Å²) in [6, 6.07) is 6.43. The number of nitrogen functional groups attached to an aromatic ring is 1. The van der Waals surface area contributed by atoms with E-state index in [1.54, 1.807) is 25.1 Å². The summed E-state index contributed by atoms with van der Waals surface area (Å²) in [5, 5.41) is 0. The van der Waals surface area contributed by atoms with E-state index in [0.717, 1.165) is 0 Å². The van der Waals surface area contributed by atoms with Crippen LogP contribution in [0.3, 0.4) is 0 Å². The van der Waals surface area contributed by atoms with E-state index in [1.165, 1.54) is 6.07 Å². The predicted octanol–water partition coefficient (Wildman–Crippen LogP) is 0.547. The van der Waals surface area contributed by atoms with E-state index in [4.69, 9.17) is 16.2 Å². The normalized spacial score (nSPS) is 11.8. The van der Waals surface area contributed by atoms with Crippen LogP contribution in [0.5, 0.6) is 0 Å². The number of carbonyl (C=O) groups is 2. The summed E-state index contributed by atoms with van der Waals surface area (Å²) in [5.74, 6) is -1.51. The molecule has 1 aromatic carbocycles. The van der Waals surface area contributed by atoms with Crippen LogP contribution in [0.25, 0.3) is 0 Å². The van der Waals surface area contributed by atoms with Crippen molar-refractivity contribution in [3.05, 3.63) is 29.8 Å². The van der Waals surface area contributed by atoms with Crippen LogP contribution in [0.1, 0.15) is 17.3 Å². The third kappa shape index (κ3) is 3.27. The largest absolute Gasteiger partial charge is 0.461 e. The Balaban J connectivity index is 2.56. The quantitative estimate of drug-likeness (QED) is 0.574. The maximum atomic E-state index is 11.5. The van der Waals surface area contributed by atoms with Gasteiger partial charge in [0.05, 0.1) is 11.5 Å². The summed E-state index contributed by atoms with van der Waals surface area (Å²) in [6.45, 7) is 1.57. The zero-order valence-corrected chi connectivity index (χ0v) is 8.97. The highest BCUT2D eigenvalue weighted by atomic mass is 16.5. The molecule has 1 amide bonds. The molecule has 0 aliphatic carbocycles. The third-order valence-corrected chi connectivity index (χ3v) is 2.07. The molecule has 0 saturated heterocycles. The van der Waals surface area contributed by atoms with Crippen molar-refractivity contribution in [1.29, 1.82) is 0 Å². The van der Waals surface area contributed by atoms with E-state index in [0.29, 0.717) is 11.3 Å². The topological polar surface area (TPSA) is 95.4 Å². The number of rotatable bonds is 4. The van der Waals surface area contributed by atoms with E-state index in [1.807, 2.05) is 0 Å². The van der Waals surface area contributed by atoms with Crippen LogP contribution < -0.4 is 11.5 Å². The van der Waals surface area contributed by atoms with Crippen LogP contribution in [0.15, 0.2) is 24.3 Å². The highest BCUT2D eigenvalue weighted by Crippen LogP contribution is 2.08. The van der Waals surface area contributed by atoms with Crippen LogP contribution >= 0.6 is 0 Å². The molecule has 0 heterocycles. The Labute approximate surface area is 93.4 Å². The second kappa shape index (κ2) is 5.16. The van der Waals surface area contributed by atoms with Gasteiger partial charge in [0.15, 0.2) is 0 Å². The monoisotopic (exact) mass is 222 g/mol. The van der Waals surface area contributed by atoms with Gasteiger partial charge in [0.1, 0.15) is 6.61 Å². The minimum Gasteiger partial charge on any atom is -0.461 e. The smallest absolute Gasteiger partial charge is 0.338 e. The van der Waals surface area contributed by atoms with Crippen molar-refractivity contribution in [1.82, 2.24) is 0 Å². The lowest BCUT2D eigenvalue weighted by atomic mass is 10.2. The Morgan fingerprint density at radius 3 is 2.69 bits per heavy atom. The zero-order chi connectivity index (χ0) is 12.1. The Morgan fingerprint density at radius 1 is 1.44 bits per heavy atom. The number of carbonyl (C=O) groups excluding carboxylic acids is 2. The molecule has 0 saturated carbocycles. The lowest BCUT2D eigenvalue weighted by molar-refractivity contribution is -0.122. The summed E-state index contributed by atoms with van der Waals surface area (Å²) in [7, 11) is 0. The summed E-state index contributed by atoms with van der Waals surface area (Å²) < 4.78 is 4.91. The average Bonchev–Trinajstić information content (AvgIpc) is 2.25. The van der Waals surface area contributed by atoms with Crippen molar-refractivity contribution in [2.45, 2.75) is 6.92 Å². The number of primary amides is 1. The molecule has 5 heteroatoms. The Hall–Kier alpha value is -2.04. The Bertz CT molecular complexity index is 404. The third-order valence-electron chi connectivity index (χ3n) is 2.07. The minimum absolute atomic E-state index is 0.0248. The van der Waals surface area contributed by atoms with Gasteiger partial charge in [-0.2, -0.15) is 0 Å². The number of anilines is 1. The summed E-state index contributed by atoms with van der Waals surface area (Å²) in [5.41, 5.74) is 11.4. The van der Waals surface area contributed by atoms with Gasteiger partial charge in [-0.15, -0.1) is 0 Å². The lowest BCUT2D eigenvalue weighted by Gasteiger charge is -2.08. The van der Waals surface area contributed by atoms with Gasteiger partial charge in [-0.1, -0.05) is 13.0 Å². The van der Waals surface area contributed by atoms with Crippen molar-refractivity contribution < 1.29 is 14.3 Å². The standard InChI is InChI=1S/C11H14N2O3/c1-7(10(13)14)6-16-11(15)8-3-2-4-9(12)5-8/h2-5,7H,6,12H2,1H3,(H2,13,14). The van der Waals surface area contributed by atoms with Crippen molar-refractivity contribution in [3.63, 3.8) is 0 Å². The lowest BCUT2D eigenvalue weighted by Crippen LogP contribution is -2.25. The summed E-state index contributed by atoms with van der Waals surface area (Å²) >= 11 is 0. The zero-order valence-electron chi connectivity index (χ0n) is 8.97. The fraction of sp³-hybridized carbons (Fsp3) is 0.273. The number of amides is 1. The number of ether oxygens (including phenoxy) is 1. The molecule has 4 N–H and O–H groups in total. The van der Waals surface area contributed by atoms with Crippen LogP contribution in [0.4, 0.5) is 5.69 Å². The molecule has 0 aliphatic rings. The molecule has 1 atom stereocenters. The van der Waals surface area contributed by atoms with Gasteiger partial charge in [0.25, 0.3) is 0 Å². The van der Waals surface area contributed by atoms with E-state index in [2.05, 4.69) is 0 Å². The Kier molecular flexibility index (Phi) is 3.88. The van der Waals surface area contributed by atoms with Gasteiger partial charge >= 0.3 is 5.97 Å². The van der Waals surface area contributed by atoms with Gasteiger partial charge in [-0.05, 0) is 18.2 Å². The fourth-order valence-corrected chi connectivity index (χ4v) is 1.03. The van der Waals surface area contributed by atoms with E-state index < -0.39 is 17.8 Å². The average molecular weight is 222 g/mol. The first-order valence-electron chi connectivity index (χ1n) is 4.82. The maximum absolute atomic E-state index is 11.5. The Morgan fingerprint density at radius 2 is 2.12 bits per heavy atom. The van der Waals surface area contributed by atoms with Crippen LogP contribution in [-0.4, -0.2) is 18.5 Å². The molecule has 0 spiro atoms. The molecule has 86 valence electrons. The molecule has 0 aliphatic heterocycles. The molecule has 1 unspecified atom stereocenters. The number of nitrogens with two attached hydrogens (primary N) is 2. The minimum atomic E-state index is -0.514. The molecular weight excluding hydrogens is 208 g/mol. The number of benzene rings is 1. The molecular formula is C11H14N2O3. The number of hydrogen-bond donors (Lipinski definition) is 2. The van der Waals surface area contributed by atoms with E-state index >= 15 is 0 Å². The van der Waals surface area contributed by atoms with Crippen molar-refractivity contribution in [3.8, 4) is 0 Å². The van der Waals surface area contributed by atoms with Gasteiger partial charge in [0.2, 0.25) is 5.91 Å². The van der Waals surface area contributed by atoms with Gasteiger partial charge in [-0.25, -0.2) is 4.79 Å². The van der Waals surface area contributed by atoms with Crippen LogP contribution in [0, 0.1) is 5.92 Å². The summed E-state index contributed by atoms with van der Waals surface area (Å²) in [4.78, 5) is 22.2. The molecule has 1 aromatic rings. The van der Waals surface area contributed by atoms with Gasteiger partial charge < -0.3 is 16.2 Å².